The Morgan fingerprint density at radius 1 is 0.862 bits per heavy atom. The molecule has 3 rings (SSSR count). The van der Waals surface area contributed by atoms with Crippen LogP contribution in [0.25, 0.3) is 0 Å². The predicted octanol–water partition coefficient (Wildman–Crippen LogP) is 3.66. The van der Waals surface area contributed by atoms with Crippen LogP contribution in [0.1, 0.15) is 20.8 Å². The molecule has 2 aromatic carbocycles. The third-order valence-corrected chi connectivity index (χ3v) is 4.24. The quantitative estimate of drug-likeness (QED) is 0.671. The summed E-state index contributed by atoms with van der Waals surface area (Å²) in [6, 6.07) is 17.4. The first kappa shape index (κ1) is 19.9. The molecule has 0 bridgehead atoms. The number of nitrogens with one attached hydrogen (secondary N) is 2. The standard InChI is InChI=1S/C22H22N4O3/c1-26(2)18-8-4-16(5-9-18)25-22(28)20-14-15(12-13-23-20)21(27)24-17-6-10-19(29-3)11-7-17/h4-14H,1-3H3,(H,24,27)(H,25,28). The van der Waals surface area contributed by atoms with E-state index in [4.69, 9.17) is 4.74 Å². The number of hydrogen-bond donors (Lipinski definition) is 2. The minimum Gasteiger partial charge on any atom is -0.497 e. The van der Waals surface area contributed by atoms with Gasteiger partial charge in [-0.2, -0.15) is 0 Å². The van der Waals surface area contributed by atoms with Crippen LogP contribution in [0.5, 0.6) is 5.75 Å². The smallest absolute Gasteiger partial charge is 0.274 e. The van der Waals surface area contributed by atoms with E-state index in [0.29, 0.717) is 22.7 Å². The Labute approximate surface area is 169 Å². The maximum atomic E-state index is 12.5. The van der Waals surface area contributed by atoms with Crippen molar-refractivity contribution in [3.63, 3.8) is 0 Å². The van der Waals surface area contributed by atoms with Crippen LogP contribution in [0.3, 0.4) is 0 Å². The van der Waals surface area contributed by atoms with Gasteiger partial charge in [0.2, 0.25) is 0 Å². The summed E-state index contributed by atoms with van der Waals surface area (Å²) in [6.07, 6.45) is 1.44. The first-order valence-electron chi connectivity index (χ1n) is 8.96. The molecule has 1 aromatic heterocycles. The fraction of sp³-hybridized carbons (Fsp3) is 0.136. The second kappa shape index (κ2) is 8.88. The normalized spacial score (nSPS) is 10.2. The van der Waals surface area contributed by atoms with Gasteiger partial charge < -0.3 is 20.3 Å². The molecule has 2 N–H and O–H groups in total. The average molecular weight is 390 g/mol. The number of hydrogen-bond acceptors (Lipinski definition) is 5. The largest absolute Gasteiger partial charge is 0.497 e. The number of carbonyl (C=O) groups is 2. The Hall–Kier alpha value is -3.87. The Morgan fingerprint density at radius 3 is 2.03 bits per heavy atom. The number of rotatable bonds is 6. The van der Waals surface area contributed by atoms with E-state index in [-0.39, 0.29) is 17.5 Å². The van der Waals surface area contributed by atoms with Crippen molar-refractivity contribution in [2.75, 3.05) is 36.7 Å². The van der Waals surface area contributed by atoms with Crippen molar-refractivity contribution in [3.05, 3.63) is 78.1 Å². The highest BCUT2D eigenvalue weighted by molar-refractivity contribution is 6.07. The number of amides is 2. The van der Waals surface area contributed by atoms with Gasteiger partial charge in [0, 0.05) is 42.9 Å². The molecule has 0 aliphatic heterocycles. The lowest BCUT2D eigenvalue weighted by Gasteiger charge is -2.13. The van der Waals surface area contributed by atoms with E-state index in [1.165, 1.54) is 12.3 Å². The highest BCUT2D eigenvalue weighted by Crippen LogP contribution is 2.18. The second-order valence-electron chi connectivity index (χ2n) is 6.51. The molecule has 0 atom stereocenters. The summed E-state index contributed by atoms with van der Waals surface area (Å²) in [4.78, 5) is 31.1. The van der Waals surface area contributed by atoms with Gasteiger partial charge in [-0.1, -0.05) is 0 Å². The number of pyridine rings is 1. The fourth-order valence-electron chi connectivity index (χ4n) is 2.61. The summed E-state index contributed by atoms with van der Waals surface area (Å²) >= 11 is 0. The van der Waals surface area contributed by atoms with Gasteiger partial charge in [0.15, 0.2) is 0 Å². The molecule has 7 heteroatoms. The average Bonchev–Trinajstić information content (AvgIpc) is 2.74. The van der Waals surface area contributed by atoms with E-state index in [1.807, 2.05) is 43.3 Å². The zero-order valence-electron chi connectivity index (χ0n) is 16.5. The highest BCUT2D eigenvalue weighted by atomic mass is 16.5. The lowest BCUT2D eigenvalue weighted by atomic mass is 10.2. The number of nitrogens with zero attached hydrogens (tertiary/aromatic N) is 2. The molecule has 0 saturated carbocycles. The Balaban J connectivity index is 1.68. The van der Waals surface area contributed by atoms with E-state index in [2.05, 4.69) is 15.6 Å². The summed E-state index contributed by atoms with van der Waals surface area (Å²) in [7, 11) is 5.47. The molecule has 29 heavy (non-hydrogen) atoms. The van der Waals surface area contributed by atoms with Gasteiger partial charge in [0.25, 0.3) is 11.8 Å². The van der Waals surface area contributed by atoms with E-state index in [9.17, 15) is 9.59 Å². The van der Waals surface area contributed by atoms with Crippen molar-refractivity contribution in [2.24, 2.45) is 0 Å². The Bertz CT molecular complexity index is 999. The van der Waals surface area contributed by atoms with E-state index in [1.54, 1.807) is 37.4 Å². The zero-order valence-corrected chi connectivity index (χ0v) is 16.5. The van der Waals surface area contributed by atoms with Gasteiger partial charge in [0.05, 0.1) is 7.11 Å². The van der Waals surface area contributed by atoms with Crippen LogP contribution in [0, 0.1) is 0 Å². The van der Waals surface area contributed by atoms with Gasteiger partial charge in [-0.3, -0.25) is 14.6 Å². The topological polar surface area (TPSA) is 83.6 Å². The summed E-state index contributed by atoms with van der Waals surface area (Å²) in [5.41, 5.74) is 2.79. The Morgan fingerprint density at radius 2 is 1.45 bits per heavy atom. The van der Waals surface area contributed by atoms with Crippen LogP contribution in [0.4, 0.5) is 17.1 Å². The minimum atomic E-state index is -0.387. The van der Waals surface area contributed by atoms with Crippen LogP contribution in [-0.4, -0.2) is 38.0 Å². The third kappa shape index (κ3) is 5.10. The van der Waals surface area contributed by atoms with Crippen LogP contribution < -0.4 is 20.3 Å². The molecule has 0 spiro atoms. The minimum absolute atomic E-state index is 0.157. The summed E-state index contributed by atoms with van der Waals surface area (Å²) in [5.74, 6) is -0.0202. The number of benzene rings is 2. The molecular weight excluding hydrogens is 368 g/mol. The van der Waals surface area contributed by atoms with Crippen molar-refractivity contribution in [2.45, 2.75) is 0 Å². The molecule has 0 fully saturated rings. The Kier molecular flexibility index (Phi) is 6.09. The fourth-order valence-corrected chi connectivity index (χ4v) is 2.61. The van der Waals surface area contributed by atoms with Crippen LogP contribution >= 0.6 is 0 Å². The molecule has 0 aliphatic rings. The van der Waals surface area contributed by atoms with Gasteiger partial charge in [-0.25, -0.2) is 0 Å². The van der Waals surface area contributed by atoms with E-state index >= 15 is 0 Å². The van der Waals surface area contributed by atoms with Crippen LogP contribution in [-0.2, 0) is 0 Å². The molecule has 0 unspecified atom stereocenters. The van der Waals surface area contributed by atoms with Gasteiger partial charge in [-0.05, 0) is 60.7 Å². The maximum absolute atomic E-state index is 12.5. The third-order valence-electron chi connectivity index (χ3n) is 4.24. The van der Waals surface area contributed by atoms with Crippen molar-refractivity contribution in [3.8, 4) is 5.75 Å². The first-order valence-corrected chi connectivity index (χ1v) is 8.96. The lowest BCUT2D eigenvalue weighted by molar-refractivity contribution is 0.102. The zero-order chi connectivity index (χ0) is 20.8. The molecule has 148 valence electrons. The number of aromatic nitrogens is 1. The summed E-state index contributed by atoms with van der Waals surface area (Å²) in [6.45, 7) is 0. The van der Waals surface area contributed by atoms with Crippen molar-refractivity contribution >= 4 is 28.9 Å². The van der Waals surface area contributed by atoms with Gasteiger partial charge >= 0.3 is 0 Å². The van der Waals surface area contributed by atoms with Gasteiger partial charge in [-0.15, -0.1) is 0 Å². The molecular formula is C22H22N4O3. The van der Waals surface area contributed by atoms with Gasteiger partial charge in [0.1, 0.15) is 11.4 Å². The molecule has 2 amide bonds. The summed E-state index contributed by atoms with van der Waals surface area (Å²) < 4.78 is 5.10. The van der Waals surface area contributed by atoms with Crippen molar-refractivity contribution in [1.29, 1.82) is 0 Å². The highest BCUT2D eigenvalue weighted by Gasteiger charge is 2.13. The van der Waals surface area contributed by atoms with Crippen LogP contribution in [0.2, 0.25) is 0 Å². The maximum Gasteiger partial charge on any atom is 0.274 e. The molecule has 0 aliphatic carbocycles. The van der Waals surface area contributed by atoms with Crippen molar-refractivity contribution < 1.29 is 14.3 Å². The molecule has 3 aromatic rings. The molecule has 1 heterocycles. The predicted molar refractivity (Wildman–Crippen MR) is 114 cm³/mol. The number of carbonyl (C=O) groups excluding carboxylic acids is 2. The molecule has 0 saturated heterocycles. The number of anilines is 3. The molecule has 7 nitrogen and oxygen atoms in total. The second-order valence-corrected chi connectivity index (χ2v) is 6.51. The molecule has 0 radical (unpaired) electrons. The first-order chi connectivity index (χ1) is 14.0. The van der Waals surface area contributed by atoms with Crippen molar-refractivity contribution in [1.82, 2.24) is 4.98 Å². The number of ether oxygens (including phenoxy) is 1. The van der Waals surface area contributed by atoms with E-state index < -0.39 is 0 Å². The number of methoxy groups -OCH3 is 1. The van der Waals surface area contributed by atoms with E-state index in [0.717, 1.165) is 5.69 Å². The summed E-state index contributed by atoms with van der Waals surface area (Å²) in [5, 5.41) is 5.57. The van der Waals surface area contributed by atoms with Crippen LogP contribution in [0.15, 0.2) is 66.9 Å². The lowest BCUT2D eigenvalue weighted by Crippen LogP contribution is -2.17. The SMILES string of the molecule is COc1ccc(NC(=O)c2ccnc(C(=O)Nc3ccc(N(C)C)cc3)c2)cc1. The monoisotopic (exact) mass is 390 g/mol.